The van der Waals surface area contributed by atoms with Crippen LogP contribution in [-0.4, -0.2) is 22.9 Å². The molecule has 0 radical (unpaired) electrons. The molecule has 0 N–H and O–H groups in total. The molecule has 4 aliphatic rings. The van der Waals surface area contributed by atoms with Crippen LogP contribution in [0.2, 0.25) is 0 Å². The maximum Gasteiger partial charge on any atom is 0.210 e. The largest absolute Gasteiger partial charge is 0.337 e. The van der Waals surface area contributed by atoms with E-state index in [4.69, 9.17) is 0 Å². The average Bonchev–Trinajstić information content (AvgIpc) is 2.14. The molecule has 4 fully saturated rings. The van der Waals surface area contributed by atoms with E-state index in [-0.39, 0.29) is 5.54 Å². The first-order valence-electron chi connectivity index (χ1n) is 6.87. The zero-order valence-corrected chi connectivity index (χ0v) is 10.5. The molecular weight excluding hydrogens is 198 g/mol. The summed E-state index contributed by atoms with van der Waals surface area (Å²) in [5, 5.41) is 0. The van der Waals surface area contributed by atoms with E-state index in [0.717, 1.165) is 24.2 Å². The summed E-state index contributed by atoms with van der Waals surface area (Å²) in [5.74, 6) is 2.77. The van der Waals surface area contributed by atoms with Crippen LogP contribution in [0.25, 0.3) is 0 Å². The van der Waals surface area contributed by atoms with Crippen LogP contribution >= 0.6 is 0 Å². The van der Waals surface area contributed by atoms with Crippen LogP contribution in [-0.2, 0) is 4.79 Å². The summed E-state index contributed by atoms with van der Waals surface area (Å²) < 4.78 is 0. The molecule has 2 heteroatoms. The topological polar surface area (TPSA) is 20.3 Å². The van der Waals surface area contributed by atoms with Crippen LogP contribution < -0.4 is 0 Å². The normalized spacial score (nSPS) is 45.1. The molecule has 4 aliphatic carbocycles. The maximum absolute atomic E-state index is 11.4. The van der Waals surface area contributed by atoms with Crippen LogP contribution in [0.5, 0.6) is 0 Å². The quantitative estimate of drug-likeness (QED) is 0.671. The van der Waals surface area contributed by atoms with Crippen molar-refractivity contribution >= 4 is 6.41 Å². The zero-order valence-electron chi connectivity index (χ0n) is 10.5. The highest BCUT2D eigenvalue weighted by Crippen LogP contribution is 2.57. The van der Waals surface area contributed by atoms with Crippen molar-refractivity contribution in [3.63, 3.8) is 0 Å². The van der Waals surface area contributed by atoms with Gasteiger partial charge in [-0.15, -0.1) is 0 Å². The molecule has 0 aromatic heterocycles. The molecule has 0 atom stereocenters. The molecule has 1 amide bonds. The Bertz CT molecular complexity index is 262. The van der Waals surface area contributed by atoms with Crippen LogP contribution in [0.15, 0.2) is 0 Å². The third-order valence-corrected chi connectivity index (χ3v) is 5.22. The molecule has 4 rings (SSSR count). The Hall–Kier alpha value is -0.530. The highest BCUT2D eigenvalue weighted by atomic mass is 16.1. The van der Waals surface area contributed by atoms with Crippen molar-refractivity contribution in [3.8, 4) is 0 Å². The van der Waals surface area contributed by atoms with Gasteiger partial charge in [0.15, 0.2) is 0 Å². The van der Waals surface area contributed by atoms with Gasteiger partial charge in [-0.3, -0.25) is 4.79 Å². The van der Waals surface area contributed by atoms with Crippen molar-refractivity contribution in [1.82, 2.24) is 4.90 Å². The van der Waals surface area contributed by atoms with Crippen molar-refractivity contribution in [1.29, 1.82) is 0 Å². The van der Waals surface area contributed by atoms with Crippen molar-refractivity contribution in [2.75, 3.05) is 0 Å². The lowest BCUT2D eigenvalue weighted by atomic mass is 9.52. The molecule has 0 aromatic rings. The number of carbonyl (C=O) groups is 1. The minimum Gasteiger partial charge on any atom is -0.337 e. The van der Waals surface area contributed by atoms with Gasteiger partial charge in [0, 0.05) is 11.6 Å². The molecule has 0 aromatic carbocycles. The molecule has 2 nitrogen and oxygen atoms in total. The summed E-state index contributed by atoms with van der Waals surface area (Å²) in [6.45, 7) is 4.32. The number of rotatable bonds is 3. The Morgan fingerprint density at radius 1 is 1.06 bits per heavy atom. The maximum atomic E-state index is 11.4. The fraction of sp³-hybridized carbons (Fsp3) is 0.929. The average molecular weight is 221 g/mol. The molecule has 4 saturated carbocycles. The van der Waals surface area contributed by atoms with Crippen molar-refractivity contribution in [2.24, 2.45) is 17.8 Å². The molecule has 16 heavy (non-hydrogen) atoms. The minimum absolute atomic E-state index is 0.255. The summed E-state index contributed by atoms with van der Waals surface area (Å²) >= 11 is 0. The predicted molar refractivity (Wildman–Crippen MR) is 63.9 cm³/mol. The highest BCUT2D eigenvalue weighted by molar-refractivity contribution is 5.50. The van der Waals surface area contributed by atoms with Gasteiger partial charge in [-0.1, -0.05) is 0 Å². The van der Waals surface area contributed by atoms with Crippen LogP contribution in [0, 0.1) is 17.8 Å². The van der Waals surface area contributed by atoms with E-state index in [1.807, 2.05) is 0 Å². The lowest BCUT2D eigenvalue weighted by Gasteiger charge is -2.60. The monoisotopic (exact) mass is 221 g/mol. The van der Waals surface area contributed by atoms with Gasteiger partial charge in [0.25, 0.3) is 0 Å². The van der Waals surface area contributed by atoms with E-state index < -0.39 is 0 Å². The fourth-order valence-corrected chi connectivity index (χ4v) is 5.16. The molecule has 0 aliphatic heterocycles. The molecule has 0 spiro atoms. The van der Waals surface area contributed by atoms with Gasteiger partial charge < -0.3 is 4.90 Å². The Labute approximate surface area is 98.4 Å². The standard InChI is InChI=1S/C14H23NO/c1-10(2)15(9-16)14-6-11-3-12(7-14)5-13(4-11)8-14/h9-13H,3-8H2,1-2H3. The van der Waals surface area contributed by atoms with Crippen molar-refractivity contribution in [2.45, 2.75) is 64.0 Å². The van der Waals surface area contributed by atoms with E-state index in [1.54, 1.807) is 0 Å². The Balaban J connectivity index is 1.90. The third-order valence-electron chi connectivity index (χ3n) is 5.22. The van der Waals surface area contributed by atoms with E-state index in [9.17, 15) is 4.79 Å². The van der Waals surface area contributed by atoms with Gasteiger partial charge in [-0.2, -0.15) is 0 Å². The fourth-order valence-electron chi connectivity index (χ4n) is 5.16. The Morgan fingerprint density at radius 3 is 1.81 bits per heavy atom. The second-order valence-corrected chi connectivity index (χ2v) is 6.75. The molecule has 4 bridgehead atoms. The summed E-state index contributed by atoms with van der Waals surface area (Å²) in [4.78, 5) is 13.5. The smallest absolute Gasteiger partial charge is 0.210 e. The zero-order chi connectivity index (χ0) is 11.3. The number of hydrogen-bond donors (Lipinski definition) is 0. The van der Waals surface area contributed by atoms with E-state index in [1.165, 1.54) is 38.5 Å². The van der Waals surface area contributed by atoms with E-state index in [0.29, 0.717) is 6.04 Å². The van der Waals surface area contributed by atoms with Crippen LogP contribution in [0.1, 0.15) is 52.4 Å². The van der Waals surface area contributed by atoms with Gasteiger partial charge in [0.05, 0.1) is 0 Å². The summed E-state index contributed by atoms with van der Waals surface area (Å²) in [7, 11) is 0. The van der Waals surface area contributed by atoms with Crippen molar-refractivity contribution < 1.29 is 4.79 Å². The van der Waals surface area contributed by atoms with Gasteiger partial charge >= 0.3 is 0 Å². The lowest BCUT2D eigenvalue weighted by molar-refractivity contribution is -0.141. The summed E-state index contributed by atoms with van der Waals surface area (Å²) in [5.41, 5.74) is 0.255. The van der Waals surface area contributed by atoms with Gasteiger partial charge in [-0.05, 0) is 70.1 Å². The highest BCUT2D eigenvalue weighted by Gasteiger charge is 2.53. The number of hydrogen-bond acceptors (Lipinski definition) is 1. The lowest BCUT2D eigenvalue weighted by Crippen LogP contribution is -2.61. The third kappa shape index (κ3) is 1.42. The minimum atomic E-state index is 0.255. The first kappa shape index (κ1) is 10.6. The summed E-state index contributed by atoms with van der Waals surface area (Å²) in [6, 6.07) is 0.369. The predicted octanol–water partition coefficient (Wildman–Crippen LogP) is 2.82. The number of carbonyl (C=O) groups excluding carboxylic acids is 1. The van der Waals surface area contributed by atoms with Crippen LogP contribution in [0.4, 0.5) is 0 Å². The molecule has 0 heterocycles. The van der Waals surface area contributed by atoms with E-state index >= 15 is 0 Å². The Kier molecular flexibility index (Phi) is 2.31. The second-order valence-electron chi connectivity index (χ2n) is 6.75. The second kappa shape index (κ2) is 3.48. The summed E-state index contributed by atoms with van der Waals surface area (Å²) in [6.07, 6.45) is 9.33. The van der Waals surface area contributed by atoms with E-state index in [2.05, 4.69) is 18.7 Å². The number of amides is 1. The first-order chi connectivity index (χ1) is 7.63. The molecular formula is C14H23NO. The molecule has 90 valence electrons. The Morgan fingerprint density at radius 2 is 1.50 bits per heavy atom. The van der Waals surface area contributed by atoms with Crippen LogP contribution in [0.3, 0.4) is 0 Å². The SMILES string of the molecule is CC(C)N(C=O)C12CC3CC(CC(C3)C1)C2. The van der Waals surface area contributed by atoms with Gasteiger partial charge in [-0.25, -0.2) is 0 Å². The van der Waals surface area contributed by atoms with Gasteiger partial charge in [0.2, 0.25) is 6.41 Å². The number of nitrogens with zero attached hydrogens (tertiary/aromatic N) is 1. The van der Waals surface area contributed by atoms with Gasteiger partial charge in [0.1, 0.15) is 0 Å². The first-order valence-corrected chi connectivity index (χ1v) is 6.87. The van der Waals surface area contributed by atoms with Crippen molar-refractivity contribution in [3.05, 3.63) is 0 Å². The molecule has 0 saturated heterocycles. The molecule has 0 unspecified atom stereocenters.